The molecular weight excluding hydrogens is 338 g/mol. The van der Waals surface area contributed by atoms with Crippen LogP contribution in [0.4, 0.5) is 5.82 Å². The molecule has 2 N–H and O–H groups in total. The molecule has 6 heteroatoms. The van der Waals surface area contributed by atoms with E-state index >= 15 is 0 Å². The van der Waals surface area contributed by atoms with Crippen LogP contribution in [0, 0.1) is 0 Å². The largest absolute Gasteiger partial charge is 0.473 e. The Hall–Kier alpha value is -3.67. The molecule has 0 saturated carbocycles. The van der Waals surface area contributed by atoms with Crippen molar-refractivity contribution in [3.8, 4) is 17.0 Å². The molecule has 0 amide bonds. The van der Waals surface area contributed by atoms with Crippen molar-refractivity contribution in [2.45, 2.75) is 13.2 Å². The molecule has 0 aliphatic heterocycles. The van der Waals surface area contributed by atoms with Gasteiger partial charge in [-0.15, -0.1) is 0 Å². The van der Waals surface area contributed by atoms with Gasteiger partial charge in [0.25, 0.3) is 0 Å². The molecule has 6 nitrogen and oxygen atoms in total. The van der Waals surface area contributed by atoms with Gasteiger partial charge >= 0.3 is 0 Å². The summed E-state index contributed by atoms with van der Waals surface area (Å²) in [5, 5.41) is 4.40. The van der Waals surface area contributed by atoms with Crippen molar-refractivity contribution < 1.29 is 4.74 Å². The zero-order valence-electron chi connectivity index (χ0n) is 14.7. The van der Waals surface area contributed by atoms with Crippen LogP contribution in [-0.2, 0) is 13.2 Å². The van der Waals surface area contributed by atoms with Crippen molar-refractivity contribution in [2.75, 3.05) is 5.73 Å². The van der Waals surface area contributed by atoms with Gasteiger partial charge < -0.3 is 10.5 Å². The van der Waals surface area contributed by atoms with Crippen LogP contribution >= 0.6 is 0 Å². The van der Waals surface area contributed by atoms with E-state index in [0.29, 0.717) is 24.8 Å². The molecule has 0 spiro atoms. The zero-order chi connectivity index (χ0) is 18.5. The van der Waals surface area contributed by atoms with Gasteiger partial charge in [0.2, 0.25) is 5.88 Å². The van der Waals surface area contributed by atoms with E-state index in [4.69, 9.17) is 10.5 Å². The Balaban J connectivity index is 1.39. The Morgan fingerprint density at radius 2 is 1.78 bits per heavy atom. The highest BCUT2D eigenvalue weighted by molar-refractivity contribution is 5.72. The lowest BCUT2D eigenvalue weighted by atomic mass is 10.1. The Morgan fingerprint density at radius 1 is 0.889 bits per heavy atom. The lowest BCUT2D eigenvalue weighted by Gasteiger charge is -2.06. The number of nitrogens with zero attached hydrogens (tertiary/aromatic N) is 4. The fraction of sp³-hybridized carbons (Fsp3) is 0.0952. The van der Waals surface area contributed by atoms with Gasteiger partial charge in [-0.05, 0) is 23.3 Å². The predicted molar refractivity (Wildman–Crippen MR) is 104 cm³/mol. The van der Waals surface area contributed by atoms with Crippen molar-refractivity contribution in [1.82, 2.24) is 19.7 Å². The molecule has 0 atom stereocenters. The molecule has 0 saturated heterocycles. The third-order valence-electron chi connectivity index (χ3n) is 4.15. The number of hydrogen-bond donors (Lipinski definition) is 1. The molecule has 0 bridgehead atoms. The van der Waals surface area contributed by atoms with Gasteiger partial charge in [0.05, 0.1) is 12.7 Å². The number of nitrogen functional groups attached to an aromatic ring is 1. The van der Waals surface area contributed by atoms with E-state index in [1.807, 2.05) is 65.5 Å². The van der Waals surface area contributed by atoms with Crippen LogP contribution in [0.2, 0.25) is 0 Å². The molecule has 27 heavy (non-hydrogen) atoms. The molecule has 0 fully saturated rings. The summed E-state index contributed by atoms with van der Waals surface area (Å²) < 4.78 is 7.57. The number of nitrogens with two attached hydrogens (primary N) is 1. The Kier molecular flexibility index (Phi) is 4.78. The van der Waals surface area contributed by atoms with E-state index in [0.717, 1.165) is 22.3 Å². The van der Waals surface area contributed by atoms with Crippen molar-refractivity contribution in [2.24, 2.45) is 0 Å². The Bertz CT molecular complexity index is 1010. The predicted octanol–water partition coefficient (Wildman–Crippen LogP) is 3.55. The summed E-state index contributed by atoms with van der Waals surface area (Å²) in [6.45, 7) is 1.12. The molecule has 3 aromatic heterocycles. The van der Waals surface area contributed by atoms with Gasteiger partial charge in [0.15, 0.2) is 0 Å². The minimum Gasteiger partial charge on any atom is -0.473 e. The summed E-state index contributed by atoms with van der Waals surface area (Å²) >= 11 is 0. The van der Waals surface area contributed by atoms with Crippen molar-refractivity contribution in [3.05, 3.63) is 90.5 Å². The monoisotopic (exact) mass is 357 g/mol. The second-order valence-electron chi connectivity index (χ2n) is 6.14. The normalized spacial score (nSPS) is 10.7. The Labute approximate surface area is 157 Å². The average molecular weight is 357 g/mol. The molecule has 4 aromatic rings. The number of hydrogen-bond acceptors (Lipinski definition) is 5. The smallest absolute Gasteiger partial charge is 0.213 e. The first-order chi connectivity index (χ1) is 13.3. The summed E-state index contributed by atoms with van der Waals surface area (Å²) in [6, 6.07) is 17.7. The van der Waals surface area contributed by atoms with Gasteiger partial charge in [-0.2, -0.15) is 5.10 Å². The zero-order valence-corrected chi connectivity index (χ0v) is 14.7. The maximum absolute atomic E-state index is 5.93. The van der Waals surface area contributed by atoms with Gasteiger partial charge in [0.1, 0.15) is 12.4 Å². The van der Waals surface area contributed by atoms with Gasteiger partial charge in [-0.3, -0.25) is 4.68 Å². The summed E-state index contributed by atoms with van der Waals surface area (Å²) in [6.07, 6.45) is 7.22. The van der Waals surface area contributed by atoms with Crippen LogP contribution in [0.25, 0.3) is 11.1 Å². The van der Waals surface area contributed by atoms with Crippen molar-refractivity contribution in [1.29, 1.82) is 0 Å². The van der Waals surface area contributed by atoms with Crippen LogP contribution in [0.15, 0.2) is 79.4 Å². The second-order valence-corrected chi connectivity index (χ2v) is 6.14. The maximum Gasteiger partial charge on any atom is 0.213 e. The van der Waals surface area contributed by atoms with E-state index in [1.165, 1.54) is 0 Å². The minimum absolute atomic E-state index is 0.499. The van der Waals surface area contributed by atoms with Gasteiger partial charge in [0, 0.05) is 35.8 Å². The third-order valence-corrected chi connectivity index (χ3v) is 4.15. The topological polar surface area (TPSA) is 78.8 Å². The van der Waals surface area contributed by atoms with E-state index in [1.54, 1.807) is 18.6 Å². The van der Waals surface area contributed by atoms with E-state index in [9.17, 15) is 0 Å². The molecule has 4 rings (SSSR count). The number of anilines is 1. The summed E-state index contributed by atoms with van der Waals surface area (Å²) in [4.78, 5) is 8.49. The molecule has 0 unspecified atom stereocenters. The first kappa shape index (κ1) is 16.8. The molecule has 0 aliphatic rings. The van der Waals surface area contributed by atoms with Crippen molar-refractivity contribution >= 4 is 5.82 Å². The lowest BCUT2D eigenvalue weighted by molar-refractivity contribution is 0.293. The quantitative estimate of drug-likeness (QED) is 0.571. The maximum atomic E-state index is 5.93. The fourth-order valence-electron chi connectivity index (χ4n) is 2.76. The number of rotatable bonds is 6. The molecular formula is C21H19N5O. The van der Waals surface area contributed by atoms with Crippen LogP contribution in [0.5, 0.6) is 5.88 Å². The van der Waals surface area contributed by atoms with Crippen molar-refractivity contribution in [3.63, 3.8) is 0 Å². The molecule has 0 radical (unpaired) electrons. The highest BCUT2D eigenvalue weighted by atomic mass is 16.5. The highest BCUT2D eigenvalue weighted by Gasteiger charge is 2.07. The van der Waals surface area contributed by atoms with Crippen LogP contribution < -0.4 is 10.5 Å². The molecule has 0 aliphatic carbocycles. The minimum atomic E-state index is 0.499. The molecule has 3 heterocycles. The molecule has 134 valence electrons. The number of benzene rings is 1. The second kappa shape index (κ2) is 7.70. The van der Waals surface area contributed by atoms with E-state index in [-0.39, 0.29) is 0 Å². The standard InChI is InChI=1S/C21H19N5O/c22-21-19(7-4-10-23-21)18-12-25-26(14-18)13-17-8-9-20(24-11-17)27-15-16-5-2-1-3-6-16/h1-12,14H,13,15H2,(H2,22,23). The average Bonchev–Trinajstić information content (AvgIpc) is 3.17. The number of aromatic nitrogens is 4. The summed E-state index contributed by atoms with van der Waals surface area (Å²) in [7, 11) is 0. The van der Waals surface area contributed by atoms with Gasteiger partial charge in [-0.1, -0.05) is 36.4 Å². The summed E-state index contributed by atoms with van der Waals surface area (Å²) in [5.41, 5.74) is 9.90. The van der Waals surface area contributed by atoms with E-state index < -0.39 is 0 Å². The molecule has 1 aromatic carbocycles. The fourth-order valence-corrected chi connectivity index (χ4v) is 2.76. The Morgan fingerprint density at radius 3 is 2.56 bits per heavy atom. The number of pyridine rings is 2. The lowest BCUT2D eigenvalue weighted by Crippen LogP contribution is -2.01. The van der Waals surface area contributed by atoms with Crippen LogP contribution in [0.1, 0.15) is 11.1 Å². The highest BCUT2D eigenvalue weighted by Crippen LogP contribution is 2.23. The van der Waals surface area contributed by atoms with Crippen LogP contribution in [-0.4, -0.2) is 19.7 Å². The first-order valence-electron chi connectivity index (χ1n) is 8.63. The number of ether oxygens (including phenoxy) is 1. The van der Waals surface area contributed by atoms with Gasteiger partial charge in [-0.25, -0.2) is 9.97 Å². The first-order valence-corrected chi connectivity index (χ1v) is 8.63. The summed E-state index contributed by atoms with van der Waals surface area (Å²) in [5.74, 6) is 1.10. The van der Waals surface area contributed by atoms with E-state index in [2.05, 4.69) is 15.1 Å². The third kappa shape index (κ3) is 4.12. The van der Waals surface area contributed by atoms with Crippen LogP contribution in [0.3, 0.4) is 0 Å². The SMILES string of the molecule is Nc1ncccc1-c1cnn(Cc2ccc(OCc3ccccc3)nc2)c1.